The van der Waals surface area contributed by atoms with Gasteiger partial charge in [-0.2, -0.15) is 0 Å². The number of hydrogen-bond acceptors (Lipinski definition) is 2. The summed E-state index contributed by atoms with van der Waals surface area (Å²) in [4.78, 5) is 26.5. The van der Waals surface area contributed by atoms with Crippen molar-refractivity contribution in [3.63, 3.8) is 0 Å². The zero-order chi connectivity index (χ0) is 16.7. The fourth-order valence-electron chi connectivity index (χ4n) is 2.92. The number of nitrogens with one attached hydrogen (secondary N) is 3. The molecule has 0 unspecified atom stereocenters. The molecule has 0 radical (unpaired) electrons. The van der Waals surface area contributed by atoms with Crippen molar-refractivity contribution in [3.05, 3.63) is 59.8 Å². The maximum atomic E-state index is 12.3. The van der Waals surface area contributed by atoms with Crippen LogP contribution in [0.3, 0.4) is 0 Å². The summed E-state index contributed by atoms with van der Waals surface area (Å²) in [5, 5.41) is 6.39. The van der Waals surface area contributed by atoms with Gasteiger partial charge in [-0.1, -0.05) is 18.2 Å². The van der Waals surface area contributed by atoms with Crippen LogP contribution >= 0.6 is 0 Å². The van der Waals surface area contributed by atoms with Gasteiger partial charge in [0.05, 0.1) is 0 Å². The summed E-state index contributed by atoms with van der Waals surface area (Å²) in [6.45, 7) is 0. The Morgan fingerprint density at radius 2 is 2.00 bits per heavy atom. The molecule has 0 saturated carbocycles. The van der Waals surface area contributed by atoms with E-state index in [2.05, 4.69) is 15.6 Å². The summed E-state index contributed by atoms with van der Waals surface area (Å²) >= 11 is 0. The number of aromatic nitrogens is 1. The summed E-state index contributed by atoms with van der Waals surface area (Å²) in [5.41, 5.74) is 9.62. The average Bonchev–Trinajstić information content (AvgIpc) is 3.09. The highest BCUT2D eigenvalue weighted by molar-refractivity contribution is 6.35. The number of benzene rings is 2. The van der Waals surface area contributed by atoms with Crippen molar-refractivity contribution in [1.29, 1.82) is 0 Å². The minimum Gasteiger partial charge on any atom is -0.361 e. The van der Waals surface area contributed by atoms with Crippen molar-refractivity contribution >= 4 is 45.9 Å². The van der Waals surface area contributed by atoms with Crippen molar-refractivity contribution in [2.45, 2.75) is 0 Å². The second kappa shape index (κ2) is 5.27. The smallest absolute Gasteiger partial charge is 0.316 e. The van der Waals surface area contributed by atoms with Crippen LogP contribution in [0.4, 0.5) is 16.2 Å². The fourth-order valence-corrected chi connectivity index (χ4v) is 2.92. The lowest BCUT2D eigenvalue weighted by molar-refractivity contribution is -0.110. The van der Waals surface area contributed by atoms with E-state index in [-0.39, 0.29) is 5.91 Å². The number of H-pyrrole nitrogens is 1. The van der Waals surface area contributed by atoms with Gasteiger partial charge in [-0.05, 0) is 30.3 Å². The molecule has 0 spiro atoms. The monoisotopic (exact) mass is 318 g/mol. The van der Waals surface area contributed by atoms with Crippen LogP contribution in [0.25, 0.3) is 22.6 Å². The molecule has 1 aliphatic rings. The van der Waals surface area contributed by atoms with Gasteiger partial charge in [0.2, 0.25) is 0 Å². The van der Waals surface area contributed by atoms with E-state index in [0.717, 1.165) is 22.0 Å². The van der Waals surface area contributed by atoms with Crippen LogP contribution in [-0.2, 0) is 4.79 Å². The van der Waals surface area contributed by atoms with E-state index in [9.17, 15) is 9.59 Å². The van der Waals surface area contributed by atoms with E-state index in [4.69, 9.17) is 5.73 Å². The summed E-state index contributed by atoms with van der Waals surface area (Å²) < 4.78 is 0. The van der Waals surface area contributed by atoms with Crippen molar-refractivity contribution in [2.24, 2.45) is 5.73 Å². The van der Waals surface area contributed by atoms with E-state index in [1.54, 1.807) is 18.2 Å². The van der Waals surface area contributed by atoms with Crippen LogP contribution in [0.1, 0.15) is 11.1 Å². The second-order valence-corrected chi connectivity index (χ2v) is 5.55. The molecule has 4 rings (SSSR count). The molecule has 6 heteroatoms. The van der Waals surface area contributed by atoms with Gasteiger partial charge >= 0.3 is 6.03 Å². The number of urea groups is 1. The summed E-state index contributed by atoms with van der Waals surface area (Å²) in [6, 6.07) is 12.4. The van der Waals surface area contributed by atoms with E-state index in [0.29, 0.717) is 16.9 Å². The van der Waals surface area contributed by atoms with Gasteiger partial charge in [0, 0.05) is 45.2 Å². The highest BCUT2D eigenvalue weighted by Crippen LogP contribution is 2.36. The van der Waals surface area contributed by atoms with Gasteiger partial charge in [-0.15, -0.1) is 0 Å². The lowest BCUT2D eigenvalue weighted by Crippen LogP contribution is -2.19. The van der Waals surface area contributed by atoms with Gasteiger partial charge in [-0.3, -0.25) is 4.79 Å². The molecule has 118 valence electrons. The largest absolute Gasteiger partial charge is 0.361 e. The van der Waals surface area contributed by atoms with Crippen LogP contribution in [-0.4, -0.2) is 16.9 Å². The second-order valence-electron chi connectivity index (χ2n) is 5.55. The lowest BCUT2D eigenvalue weighted by Gasteiger charge is -2.04. The first-order valence-corrected chi connectivity index (χ1v) is 7.42. The number of aromatic amines is 1. The third-order valence-corrected chi connectivity index (χ3v) is 3.99. The molecule has 0 atom stereocenters. The number of carbonyl (C=O) groups is 2. The zero-order valence-corrected chi connectivity index (χ0v) is 12.6. The van der Waals surface area contributed by atoms with Crippen LogP contribution < -0.4 is 16.4 Å². The minimum absolute atomic E-state index is 0.175. The highest BCUT2D eigenvalue weighted by atomic mass is 16.2. The Balaban J connectivity index is 1.82. The van der Waals surface area contributed by atoms with Crippen molar-refractivity contribution in [2.75, 3.05) is 10.6 Å². The van der Waals surface area contributed by atoms with E-state index >= 15 is 0 Å². The summed E-state index contributed by atoms with van der Waals surface area (Å²) in [7, 11) is 0. The van der Waals surface area contributed by atoms with E-state index < -0.39 is 6.03 Å². The van der Waals surface area contributed by atoms with Crippen LogP contribution in [0.2, 0.25) is 0 Å². The maximum Gasteiger partial charge on any atom is 0.316 e. The zero-order valence-electron chi connectivity index (χ0n) is 12.6. The predicted molar refractivity (Wildman–Crippen MR) is 94.4 cm³/mol. The molecule has 6 nitrogen and oxygen atoms in total. The topological polar surface area (TPSA) is 100 Å². The van der Waals surface area contributed by atoms with Gasteiger partial charge in [0.1, 0.15) is 0 Å². The lowest BCUT2D eigenvalue weighted by atomic mass is 10.0. The number of nitrogens with two attached hydrogens (primary N) is 1. The number of primary amides is 1. The Kier molecular flexibility index (Phi) is 3.09. The number of para-hydroxylation sites is 1. The van der Waals surface area contributed by atoms with Crippen molar-refractivity contribution < 1.29 is 9.59 Å². The van der Waals surface area contributed by atoms with Crippen LogP contribution in [0.15, 0.2) is 48.7 Å². The molecule has 0 saturated heterocycles. The number of carbonyl (C=O) groups excluding carboxylic acids is 2. The quantitative estimate of drug-likeness (QED) is 0.546. The first-order chi connectivity index (χ1) is 11.6. The first kappa shape index (κ1) is 14.1. The maximum absolute atomic E-state index is 12.3. The normalized spacial score (nSPS) is 14.7. The predicted octanol–water partition coefficient (Wildman–Crippen LogP) is 3.15. The molecular formula is C18H14N4O2. The van der Waals surface area contributed by atoms with E-state index in [1.807, 2.05) is 36.5 Å². The van der Waals surface area contributed by atoms with Gasteiger partial charge in [-0.25, -0.2) is 4.79 Å². The number of hydrogen-bond donors (Lipinski definition) is 4. The molecule has 5 N–H and O–H groups in total. The molecule has 2 heterocycles. The van der Waals surface area contributed by atoms with Crippen LogP contribution in [0.5, 0.6) is 0 Å². The first-order valence-electron chi connectivity index (χ1n) is 7.42. The number of fused-ring (bicyclic) bond motifs is 2. The molecule has 1 aromatic heterocycles. The minimum atomic E-state index is -0.644. The fraction of sp³-hybridized carbons (Fsp3) is 0. The van der Waals surface area contributed by atoms with Gasteiger partial charge < -0.3 is 21.4 Å². The highest BCUT2D eigenvalue weighted by Gasteiger charge is 2.24. The summed E-state index contributed by atoms with van der Waals surface area (Å²) in [5.74, 6) is -0.175. The van der Waals surface area contributed by atoms with Crippen molar-refractivity contribution in [3.8, 4) is 0 Å². The molecule has 0 fully saturated rings. The molecule has 24 heavy (non-hydrogen) atoms. The summed E-state index contributed by atoms with van der Waals surface area (Å²) in [6.07, 6.45) is 3.71. The Morgan fingerprint density at radius 1 is 1.17 bits per heavy atom. The number of rotatable bonds is 2. The number of amides is 3. The van der Waals surface area contributed by atoms with Crippen molar-refractivity contribution in [1.82, 2.24) is 4.98 Å². The number of anilines is 2. The third kappa shape index (κ3) is 2.30. The molecular weight excluding hydrogens is 304 g/mol. The molecule has 0 bridgehead atoms. The molecule has 1 aliphatic heterocycles. The van der Waals surface area contributed by atoms with E-state index in [1.165, 1.54) is 0 Å². The molecule has 0 aliphatic carbocycles. The Hall–Kier alpha value is -3.54. The Bertz CT molecular complexity index is 1020. The third-order valence-electron chi connectivity index (χ3n) is 3.99. The molecule has 2 aromatic carbocycles. The van der Waals surface area contributed by atoms with Crippen LogP contribution in [0, 0.1) is 0 Å². The van der Waals surface area contributed by atoms with Gasteiger partial charge in [0.25, 0.3) is 5.91 Å². The Labute approximate surface area is 137 Å². The Morgan fingerprint density at radius 3 is 2.83 bits per heavy atom. The molecule has 3 aromatic rings. The SMILES string of the molecule is NC(=O)Nc1ccc2c(c1)C(=Cc1c[nH]c3ccccc13)C(=O)N2. The van der Waals surface area contributed by atoms with Gasteiger partial charge in [0.15, 0.2) is 0 Å². The average molecular weight is 318 g/mol. The standard InChI is InChI=1S/C18H14N4O2/c19-18(24)21-11-5-6-16-13(8-11)14(17(23)22-16)7-10-9-20-15-4-2-1-3-12(10)15/h1-9,20H,(H,22,23)(H3,19,21,24). The molecule has 3 amide bonds.